The van der Waals surface area contributed by atoms with E-state index in [2.05, 4.69) is 18.0 Å². The summed E-state index contributed by atoms with van der Waals surface area (Å²) in [5.41, 5.74) is 5.11. The molecule has 4 rings (SSSR count). The molecule has 1 N–H and O–H groups in total. The lowest BCUT2D eigenvalue weighted by Crippen LogP contribution is -2.24. The SMILES string of the molecule is CCc1cc(-n2cc3c(n2)CN(C(O)c2cc(C#N)ccc2OC(C)C)C3)ccn1. The number of nitriles is 1. The van der Waals surface area contributed by atoms with Crippen LogP contribution in [0, 0.1) is 11.3 Å². The number of hydrogen-bond donors (Lipinski definition) is 1. The van der Waals surface area contributed by atoms with E-state index in [4.69, 9.17) is 9.84 Å². The van der Waals surface area contributed by atoms with Gasteiger partial charge >= 0.3 is 0 Å². The van der Waals surface area contributed by atoms with E-state index < -0.39 is 6.23 Å². The van der Waals surface area contributed by atoms with Gasteiger partial charge in [0.2, 0.25) is 0 Å². The highest BCUT2D eigenvalue weighted by Gasteiger charge is 2.30. The number of benzene rings is 1. The molecule has 30 heavy (non-hydrogen) atoms. The van der Waals surface area contributed by atoms with Crippen LogP contribution in [0.3, 0.4) is 0 Å². The van der Waals surface area contributed by atoms with Gasteiger partial charge in [-0.2, -0.15) is 10.4 Å². The van der Waals surface area contributed by atoms with Crippen molar-refractivity contribution in [2.24, 2.45) is 0 Å². The summed E-state index contributed by atoms with van der Waals surface area (Å²) in [5.74, 6) is 0.593. The van der Waals surface area contributed by atoms with E-state index in [1.165, 1.54) is 0 Å². The van der Waals surface area contributed by atoms with Gasteiger partial charge in [-0.25, -0.2) is 4.68 Å². The van der Waals surface area contributed by atoms with E-state index in [1.54, 1.807) is 24.4 Å². The summed E-state index contributed by atoms with van der Waals surface area (Å²) in [6.07, 6.45) is 3.76. The van der Waals surface area contributed by atoms with Crippen molar-refractivity contribution in [1.29, 1.82) is 5.26 Å². The maximum atomic E-state index is 11.1. The molecule has 1 aromatic carbocycles. The molecular weight excluding hydrogens is 378 g/mol. The Morgan fingerprint density at radius 2 is 2.07 bits per heavy atom. The van der Waals surface area contributed by atoms with Crippen LogP contribution in [-0.2, 0) is 19.5 Å². The van der Waals surface area contributed by atoms with Crippen LogP contribution in [-0.4, -0.2) is 30.9 Å². The van der Waals surface area contributed by atoms with E-state index in [0.717, 1.165) is 29.1 Å². The fraction of sp³-hybridized carbons (Fsp3) is 0.348. The van der Waals surface area contributed by atoms with E-state index in [0.29, 0.717) is 30.0 Å². The van der Waals surface area contributed by atoms with Crippen molar-refractivity contribution in [3.8, 4) is 17.5 Å². The van der Waals surface area contributed by atoms with Gasteiger partial charge in [-0.1, -0.05) is 6.92 Å². The van der Waals surface area contributed by atoms with Gasteiger partial charge in [-0.3, -0.25) is 9.88 Å². The summed E-state index contributed by atoms with van der Waals surface area (Å²) < 4.78 is 7.73. The Labute approximate surface area is 176 Å². The van der Waals surface area contributed by atoms with E-state index in [9.17, 15) is 10.4 Å². The molecule has 0 saturated carbocycles. The highest BCUT2D eigenvalue weighted by molar-refractivity contribution is 5.43. The summed E-state index contributed by atoms with van der Waals surface area (Å²) >= 11 is 0. The smallest absolute Gasteiger partial charge is 0.137 e. The first-order chi connectivity index (χ1) is 14.5. The molecule has 0 bridgehead atoms. The van der Waals surface area contributed by atoms with Crippen LogP contribution < -0.4 is 4.74 Å². The minimum absolute atomic E-state index is 0.0316. The molecule has 1 aliphatic rings. The topological polar surface area (TPSA) is 87.2 Å². The lowest BCUT2D eigenvalue weighted by molar-refractivity contribution is -0.00508. The maximum Gasteiger partial charge on any atom is 0.137 e. The van der Waals surface area contributed by atoms with Crippen molar-refractivity contribution in [2.75, 3.05) is 0 Å². The Morgan fingerprint density at radius 1 is 1.23 bits per heavy atom. The van der Waals surface area contributed by atoms with Crippen LogP contribution >= 0.6 is 0 Å². The lowest BCUT2D eigenvalue weighted by atomic mass is 10.1. The first-order valence-electron chi connectivity index (χ1n) is 10.1. The zero-order valence-corrected chi connectivity index (χ0v) is 17.4. The van der Waals surface area contributed by atoms with Crippen LogP contribution in [0.5, 0.6) is 5.75 Å². The van der Waals surface area contributed by atoms with Crippen molar-refractivity contribution >= 4 is 0 Å². The van der Waals surface area contributed by atoms with Crippen molar-refractivity contribution in [3.63, 3.8) is 0 Å². The van der Waals surface area contributed by atoms with Crippen LogP contribution in [0.4, 0.5) is 0 Å². The van der Waals surface area contributed by atoms with Gasteiger partial charge in [-0.05, 0) is 50.6 Å². The predicted molar refractivity (Wildman–Crippen MR) is 112 cm³/mol. The molecule has 3 heterocycles. The number of hydrogen-bond acceptors (Lipinski definition) is 6. The molecule has 7 heteroatoms. The van der Waals surface area contributed by atoms with Crippen LogP contribution in [0.2, 0.25) is 0 Å². The fourth-order valence-corrected chi connectivity index (χ4v) is 3.66. The van der Waals surface area contributed by atoms with Crippen molar-refractivity contribution < 1.29 is 9.84 Å². The molecule has 3 aromatic rings. The monoisotopic (exact) mass is 403 g/mol. The van der Waals surface area contributed by atoms with Crippen molar-refractivity contribution in [2.45, 2.75) is 52.6 Å². The zero-order chi connectivity index (χ0) is 21.3. The number of ether oxygens (including phenoxy) is 1. The summed E-state index contributed by atoms with van der Waals surface area (Å²) in [6.45, 7) is 7.04. The molecule has 1 atom stereocenters. The highest BCUT2D eigenvalue weighted by atomic mass is 16.5. The number of nitrogens with zero attached hydrogens (tertiary/aromatic N) is 5. The van der Waals surface area contributed by atoms with Gasteiger partial charge in [0.15, 0.2) is 0 Å². The molecule has 0 aliphatic carbocycles. The number of aliphatic hydroxyl groups is 1. The number of aliphatic hydroxyl groups excluding tert-OH is 1. The van der Waals surface area contributed by atoms with Crippen LogP contribution in [0.1, 0.15) is 55.1 Å². The Morgan fingerprint density at radius 3 is 2.77 bits per heavy atom. The second-order valence-electron chi connectivity index (χ2n) is 7.71. The highest BCUT2D eigenvalue weighted by Crippen LogP contribution is 2.34. The molecule has 0 fully saturated rings. The van der Waals surface area contributed by atoms with Gasteiger partial charge in [0.25, 0.3) is 0 Å². The summed E-state index contributed by atoms with van der Waals surface area (Å²) in [5, 5.41) is 25.1. The predicted octanol–water partition coefficient (Wildman–Crippen LogP) is 3.50. The van der Waals surface area contributed by atoms with Crippen molar-refractivity contribution in [1.82, 2.24) is 19.7 Å². The summed E-state index contributed by atoms with van der Waals surface area (Å²) in [4.78, 5) is 6.27. The third kappa shape index (κ3) is 3.92. The third-order valence-electron chi connectivity index (χ3n) is 5.16. The van der Waals surface area contributed by atoms with E-state index >= 15 is 0 Å². The molecule has 2 aromatic heterocycles. The van der Waals surface area contributed by atoms with Gasteiger partial charge in [0.1, 0.15) is 12.0 Å². The van der Waals surface area contributed by atoms with Gasteiger partial charge in [0, 0.05) is 42.3 Å². The normalized spacial score (nSPS) is 14.5. The largest absolute Gasteiger partial charge is 0.491 e. The van der Waals surface area contributed by atoms with Crippen LogP contribution in [0.15, 0.2) is 42.7 Å². The second-order valence-corrected chi connectivity index (χ2v) is 7.71. The Hall–Kier alpha value is -3.21. The summed E-state index contributed by atoms with van der Waals surface area (Å²) in [6, 6.07) is 11.3. The molecular formula is C23H25N5O2. The Kier molecular flexibility index (Phi) is 5.53. The Bertz CT molecular complexity index is 1080. The molecule has 0 saturated heterocycles. The number of aromatic nitrogens is 3. The van der Waals surface area contributed by atoms with Gasteiger partial charge < -0.3 is 9.84 Å². The van der Waals surface area contributed by atoms with Crippen molar-refractivity contribution in [3.05, 3.63) is 70.8 Å². The first kappa shape index (κ1) is 20.1. The standard InChI is InChI=1S/C23H25N5O2/c1-4-18-10-19(7-8-25-18)28-13-17-12-27(14-21(17)26-28)23(29)20-9-16(11-24)5-6-22(20)30-15(2)3/h5-10,13,15,23,29H,4,12,14H2,1-3H3. The zero-order valence-electron chi connectivity index (χ0n) is 17.4. The van der Waals surface area contributed by atoms with E-state index in [-0.39, 0.29) is 6.10 Å². The number of pyridine rings is 1. The minimum Gasteiger partial charge on any atom is -0.491 e. The molecule has 0 spiro atoms. The molecule has 1 unspecified atom stereocenters. The minimum atomic E-state index is -0.887. The summed E-state index contributed by atoms with van der Waals surface area (Å²) in [7, 11) is 0. The number of rotatable bonds is 6. The van der Waals surface area contributed by atoms with Gasteiger partial charge in [-0.15, -0.1) is 0 Å². The molecule has 1 aliphatic heterocycles. The molecule has 0 radical (unpaired) electrons. The Balaban J connectivity index is 1.56. The number of aryl methyl sites for hydroxylation is 1. The second kappa shape index (κ2) is 8.27. The van der Waals surface area contributed by atoms with Gasteiger partial charge in [0.05, 0.1) is 29.1 Å². The fourth-order valence-electron chi connectivity index (χ4n) is 3.66. The third-order valence-corrected chi connectivity index (χ3v) is 5.16. The van der Waals surface area contributed by atoms with E-state index in [1.807, 2.05) is 41.8 Å². The first-order valence-corrected chi connectivity index (χ1v) is 10.1. The quantitative estimate of drug-likeness (QED) is 0.678. The number of fused-ring (bicyclic) bond motifs is 1. The molecule has 154 valence electrons. The average Bonchev–Trinajstić information content (AvgIpc) is 3.32. The molecule has 7 nitrogen and oxygen atoms in total. The maximum absolute atomic E-state index is 11.1. The van der Waals surface area contributed by atoms with Crippen LogP contribution in [0.25, 0.3) is 5.69 Å². The average molecular weight is 403 g/mol. The molecule has 0 amide bonds. The lowest BCUT2D eigenvalue weighted by Gasteiger charge is -2.25.